The zero-order chi connectivity index (χ0) is 2.71. The standard InChI is InChI=1S/CH2O2.Mg.2H2O.2H/c2-1-3;;;;;/h1H,(H,2,3);;2*1H2;;/q;+2;;;2*-1. The molecule has 0 fully saturated rings. The van der Waals surface area contributed by atoms with Gasteiger partial charge in [0.05, 0.1) is 0 Å². The molecule has 38 valence electrons. The van der Waals surface area contributed by atoms with Gasteiger partial charge >= 0.3 is 23.1 Å². The molecule has 0 aliphatic rings. The van der Waals surface area contributed by atoms with Crippen LogP contribution in [0.15, 0.2) is 0 Å². The summed E-state index contributed by atoms with van der Waals surface area (Å²) in [6, 6.07) is 0. The Hall–Kier alpha value is 0.156. The van der Waals surface area contributed by atoms with Crippen LogP contribution >= 0.6 is 0 Å². The summed E-state index contributed by atoms with van der Waals surface area (Å²) in [5.74, 6) is 0. The smallest absolute Gasteiger partial charge is 1.00 e. The third-order valence-corrected chi connectivity index (χ3v) is 0. The van der Waals surface area contributed by atoms with Crippen LogP contribution in [-0.4, -0.2) is 45.6 Å². The molecular weight excluding hydrogens is 100 g/mol. The molecule has 5 N–H and O–H groups in total. The summed E-state index contributed by atoms with van der Waals surface area (Å²) in [6.45, 7) is -0.250. The Morgan fingerprint density at radius 1 is 1.50 bits per heavy atom. The maximum atomic E-state index is 8.36. The van der Waals surface area contributed by atoms with Crippen molar-refractivity contribution in [3.63, 3.8) is 0 Å². The molecule has 0 bridgehead atoms. The number of hydrogen-bond acceptors (Lipinski definition) is 1. The van der Waals surface area contributed by atoms with Crippen molar-refractivity contribution in [2.24, 2.45) is 0 Å². The first-order valence-corrected chi connectivity index (χ1v) is 0.494. The van der Waals surface area contributed by atoms with Gasteiger partial charge in [-0.25, -0.2) is 0 Å². The fourth-order valence-corrected chi connectivity index (χ4v) is 0. The zero-order valence-electron chi connectivity index (χ0n) is 5.14. The van der Waals surface area contributed by atoms with Crippen molar-refractivity contribution >= 4 is 29.5 Å². The molecule has 6 heavy (non-hydrogen) atoms. The zero-order valence-corrected chi connectivity index (χ0v) is 4.55. The maximum Gasteiger partial charge on any atom is 2.00 e. The topological polar surface area (TPSA) is 100 Å². The second kappa shape index (κ2) is 66.6. The Labute approximate surface area is 53.9 Å². The van der Waals surface area contributed by atoms with Gasteiger partial charge in [-0.2, -0.15) is 0 Å². The Balaban J connectivity index is -0.00000000200. The van der Waals surface area contributed by atoms with Crippen LogP contribution in [0, 0.1) is 0 Å². The summed E-state index contributed by atoms with van der Waals surface area (Å²) >= 11 is 0. The molecule has 0 heterocycles. The predicted molar refractivity (Wildman–Crippen MR) is 23.9 cm³/mol. The average Bonchev–Trinajstić information content (AvgIpc) is 0.918. The van der Waals surface area contributed by atoms with Crippen LogP contribution in [0.2, 0.25) is 0 Å². The van der Waals surface area contributed by atoms with Gasteiger partial charge in [-0.3, -0.25) is 4.79 Å². The Morgan fingerprint density at radius 2 is 1.50 bits per heavy atom. The fraction of sp³-hybridized carbons (Fsp3) is 0. The molecule has 0 saturated heterocycles. The van der Waals surface area contributed by atoms with Gasteiger partial charge in [0.25, 0.3) is 6.47 Å². The first-order chi connectivity index (χ1) is 1.41. The van der Waals surface area contributed by atoms with Crippen molar-refractivity contribution in [2.45, 2.75) is 0 Å². The van der Waals surface area contributed by atoms with Crippen molar-refractivity contribution in [2.75, 3.05) is 0 Å². The van der Waals surface area contributed by atoms with E-state index in [4.69, 9.17) is 9.90 Å². The molecule has 4 nitrogen and oxygen atoms in total. The molecule has 0 amide bonds. The molecule has 5 heteroatoms. The fourth-order valence-electron chi connectivity index (χ4n) is 0. The van der Waals surface area contributed by atoms with E-state index in [1.54, 1.807) is 0 Å². The summed E-state index contributed by atoms with van der Waals surface area (Å²) in [6.07, 6.45) is 0. The van der Waals surface area contributed by atoms with E-state index >= 15 is 0 Å². The summed E-state index contributed by atoms with van der Waals surface area (Å²) in [5.41, 5.74) is 0. The van der Waals surface area contributed by atoms with Gasteiger partial charge in [0.1, 0.15) is 0 Å². The van der Waals surface area contributed by atoms with E-state index < -0.39 is 0 Å². The molecule has 0 aromatic rings. The third-order valence-electron chi connectivity index (χ3n) is 0. The van der Waals surface area contributed by atoms with Crippen LogP contribution in [0.1, 0.15) is 2.85 Å². The Kier molecular flexibility index (Phi) is 391. The van der Waals surface area contributed by atoms with Crippen molar-refractivity contribution in [1.29, 1.82) is 0 Å². The van der Waals surface area contributed by atoms with Crippen LogP contribution in [0.4, 0.5) is 0 Å². The number of rotatable bonds is 0. The number of carboxylic acid groups (broad SMARTS) is 1. The molecule has 0 aliphatic carbocycles. The first-order valence-electron chi connectivity index (χ1n) is 0.494. The molecule has 0 saturated carbocycles. The minimum atomic E-state index is -0.250. The van der Waals surface area contributed by atoms with Gasteiger partial charge < -0.3 is 18.9 Å². The van der Waals surface area contributed by atoms with E-state index in [0.717, 1.165) is 0 Å². The SMILES string of the molecule is O.O.O=CO.[H-].[H-].[Mg+2]. The van der Waals surface area contributed by atoms with E-state index in [9.17, 15) is 0 Å². The van der Waals surface area contributed by atoms with Crippen LogP contribution in [0.25, 0.3) is 0 Å². The number of carbonyl (C=O) groups is 1. The van der Waals surface area contributed by atoms with Crippen molar-refractivity contribution in [1.82, 2.24) is 0 Å². The quantitative estimate of drug-likeness (QED) is 0.284. The second-order valence-electron chi connectivity index (χ2n) is 0.105. The molecule has 0 radical (unpaired) electrons. The summed E-state index contributed by atoms with van der Waals surface area (Å²) in [5, 5.41) is 6.89. The second-order valence-corrected chi connectivity index (χ2v) is 0.105. The van der Waals surface area contributed by atoms with E-state index in [2.05, 4.69) is 0 Å². The first kappa shape index (κ1) is 35.2. The molecular formula is CH8MgO4. The normalized spacial score (nSPS) is 2.00. The minimum absolute atomic E-state index is 0. The molecule has 0 atom stereocenters. The van der Waals surface area contributed by atoms with Crippen LogP contribution in [0.3, 0.4) is 0 Å². The molecule has 0 aliphatic heterocycles. The van der Waals surface area contributed by atoms with Crippen molar-refractivity contribution in [3.05, 3.63) is 0 Å². The van der Waals surface area contributed by atoms with Crippen LogP contribution in [0.5, 0.6) is 0 Å². The van der Waals surface area contributed by atoms with Gasteiger partial charge in [-0.15, -0.1) is 0 Å². The van der Waals surface area contributed by atoms with Crippen molar-refractivity contribution in [3.8, 4) is 0 Å². The van der Waals surface area contributed by atoms with Crippen LogP contribution in [-0.2, 0) is 4.79 Å². The molecule has 0 aromatic heterocycles. The Morgan fingerprint density at radius 3 is 1.50 bits per heavy atom. The molecule has 0 aromatic carbocycles. The van der Waals surface area contributed by atoms with Gasteiger partial charge in [-0.05, 0) is 0 Å². The largest absolute Gasteiger partial charge is 2.00 e. The van der Waals surface area contributed by atoms with Crippen LogP contribution < -0.4 is 0 Å². The maximum absolute atomic E-state index is 8.36. The summed E-state index contributed by atoms with van der Waals surface area (Å²) < 4.78 is 0. The number of hydrogen-bond donors (Lipinski definition) is 1. The molecule has 0 spiro atoms. The van der Waals surface area contributed by atoms with Gasteiger partial charge in [-0.1, -0.05) is 0 Å². The van der Waals surface area contributed by atoms with Gasteiger partial charge in [0.15, 0.2) is 0 Å². The van der Waals surface area contributed by atoms with Gasteiger partial charge in [0.2, 0.25) is 0 Å². The monoisotopic (exact) mass is 108 g/mol. The van der Waals surface area contributed by atoms with E-state index in [1.807, 2.05) is 0 Å². The van der Waals surface area contributed by atoms with E-state index in [1.165, 1.54) is 0 Å². The van der Waals surface area contributed by atoms with Gasteiger partial charge in [0, 0.05) is 0 Å². The van der Waals surface area contributed by atoms with E-state index in [-0.39, 0.29) is 43.3 Å². The summed E-state index contributed by atoms with van der Waals surface area (Å²) in [4.78, 5) is 8.36. The third kappa shape index (κ3) is 1700. The molecule has 0 rings (SSSR count). The summed E-state index contributed by atoms with van der Waals surface area (Å²) in [7, 11) is 0. The molecule has 0 unspecified atom stereocenters. The average molecular weight is 108 g/mol. The predicted octanol–water partition coefficient (Wildman–Crippen LogP) is -2.10. The Bertz CT molecular complexity index is 21.5. The van der Waals surface area contributed by atoms with Crippen molar-refractivity contribution < 1.29 is 23.7 Å². The van der Waals surface area contributed by atoms with E-state index in [0.29, 0.717) is 0 Å². The minimum Gasteiger partial charge on any atom is -1.00 e.